The molecule has 11 heavy (non-hydrogen) atoms. The van der Waals surface area contributed by atoms with Crippen molar-refractivity contribution in [2.75, 3.05) is 26.2 Å². The molecule has 0 fully saturated rings. The standard InChI is InChI=1S/C7H18N2O2/c8-3-5-9-4-1-2-7(11)6-10/h7,9-11H,1-6,8H2. The highest BCUT2D eigenvalue weighted by Crippen LogP contribution is 1.93. The third-order valence-electron chi connectivity index (χ3n) is 1.42. The molecule has 0 saturated heterocycles. The maximum Gasteiger partial charge on any atom is 0.0771 e. The summed E-state index contributed by atoms with van der Waals surface area (Å²) in [6, 6.07) is 0. The van der Waals surface area contributed by atoms with Gasteiger partial charge in [0.15, 0.2) is 0 Å². The van der Waals surface area contributed by atoms with Gasteiger partial charge in [0.25, 0.3) is 0 Å². The molecule has 0 aromatic carbocycles. The third kappa shape index (κ3) is 7.74. The van der Waals surface area contributed by atoms with Crippen LogP contribution in [0.1, 0.15) is 12.8 Å². The number of hydrogen-bond donors (Lipinski definition) is 4. The summed E-state index contributed by atoms with van der Waals surface area (Å²) in [4.78, 5) is 0. The van der Waals surface area contributed by atoms with Gasteiger partial charge in [-0.3, -0.25) is 0 Å². The zero-order valence-electron chi connectivity index (χ0n) is 6.79. The zero-order valence-corrected chi connectivity index (χ0v) is 6.79. The summed E-state index contributed by atoms with van der Waals surface area (Å²) in [5, 5.41) is 20.5. The molecule has 1 atom stereocenters. The van der Waals surface area contributed by atoms with E-state index in [4.69, 9.17) is 15.9 Å². The molecule has 0 saturated carbocycles. The smallest absolute Gasteiger partial charge is 0.0771 e. The highest BCUT2D eigenvalue weighted by molar-refractivity contribution is 4.55. The molecular formula is C7H18N2O2. The van der Waals surface area contributed by atoms with E-state index >= 15 is 0 Å². The molecule has 0 radical (unpaired) electrons. The highest BCUT2D eigenvalue weighted by atomic mass is 16.3. The Bertz CT molecular complexity index is 80.8. The van der Waals surface area contributed by atoms with Crippen molar-refractivity contribution in [1.29, 1.82) is 0 Å². The van der Waals surface area contributed by atoms with Crippen molar-refractivity contribution in [2.45, 2.75) is 18.9 Å². The molecule has 0 aromatic heterocycles. The maximum atomic E-state index is 8.91. The molecule has 0 bridgehead atoms. The van der Waals surface area contributed by atoms with E-state index in [0.29, 0.717) is 13.0 Å². The second-order valence-corrected chi connectivity index (χ2v) is 2.52. The van der Waals surface area contributed by atoms with Gasteiger partial charge in [0, 0.05) is 13.1 Å². The Balaban J connectivity index is 2.89. The predicted molar refractivity (Wildman–Crippen MR) is 44.3 cm³/mol. The average molecular weight is 162 g/mol. The summed E-state index contributed by atoms with van der Waals surface area (Å²) >= 11 is 0. The van der Waals surface area contributed by atoms with Gasteiger partial charge in [0.2, 0.25) is 0 Å². The van der Waals surface area contributed by atoms with Crippen LogP contribution in [-0.4, -0.2) is 42.6 Å². The number of aliphatic hydroxyl groups excluding tert-OH is 2. The van der Waals surface area contributed by atoms with Crippen LogP contribution in [0.25, 0.3) is 0 Å². The van der Waals surface area contributed by atoms with E-state index in [0.717, 1.165) is 19.5 Å². The number of hydrogen-bond acceptors (Lipinski definition) is 4. The Kier molecular flexibility index (Phi) is 7.83. The van der Waals surface area contributed by atoms with E-state index in [-0.39, 0.29) is 6.61 Å². The average Bonchev–Trinajstić information content (AvgIpc) is 2.04. The van der Waals surface area contributed by atoms with Crippen molar-refractivity contribution in [3.05, 3.63) is 0 Å². The fraction of sp³-hybridized carbons (Fsp3) is 1.00. The summed E-state index contributed by atoms with van der Waals surface area (Å²) in [6.07, 6.45) is 0.963. The zero-order chi connectivity index (χ0) is 8.53. The molecule has 0 aromatic rings. The van der Waals surface area contributed by atoms with Crippen molar-refractivity contribution >= 4 is 0 Å². The van der Waals surface area contributed by atoms with E-state index in [1.54, 1.807) is 0 Å². The van der Waals surface area contributed by atoms with Crippen LogP contribution in [-0.2, 0) is 0 Å². The third-order valence-corrected chi connectivity index (χ3v) is 1.42. The van der Waals surface area contributed by atoms with Gasteiger partial charge in [-0.25, -0.2) is 0 Å². The Morgan fingerprint density at radius 1 is 1.36 bits per heavy atom. The van der Waals surface area contributed by atoms with Crippen LogP contribution in [0.3, 0.4) is 0 Å². The first-order valence-electron chi connectivity index (χ1n) is 4.01. The highest BCUT2D eigenvalue weighted by Gasteiger charge is 1.99. The summed E-state index contributed by atoms with van der Waals surface area (Å²) in [5.41, 5.74) is 5.24. The van der Waals surface area contributed by atoms with Crippen LogP contribution in [0, 0.1) is 0 Å². The molecule has 0 spiro atoms. The molecule has 0 amide bonds. The molecule has 5 N–H and O–H groups in total. The van der Waals surface area contributed by atoms with Crippen LogP contribution in [0.2, 0.25) is 0 Å². The van der Waals surface area contributed by atoms with Gasteiger partial charge >= 0.3 is 0 Å². The molecular weight excluding hydrogens is 144 g/mol. The fourth-order valence-electron chi connectivity index (χ4n) is 0.781. The first-order valence-corrected chi connectivity index (χ1v) is 4.01. The van der Waals surface area contributed by atoms with Crippen molar-refractivity contribution < 1.29 is 10.2 Å². The lowest BCUT2D eigenvalue weighted by Gasteiger charge is -2.06. The fourth-order valence-corrected chi connectivity index (χ4v) is 0.781. The lowest BCUT2D eigenvalue weighted by Crippen LogP contribution is -2.24. The van der Waals surface area contributed by atoms with Crippen LogP contribution < -0.4 is 11.1 Å². The summed E-state index contributed by atoms with van der Waals surface area (Å²) < 4.78 is 0. The molecule has 0 aliphatic heterocycles. The Labute approximate surface area is 67.4 Å². The second-order valence-electron chi connectivity index (χ2n) is 2.52. The van der Waals surface area contributed by atoms with Gasteiger partial charge in [-0.05, 0) is 19.4 Å². The van der Waals surface area contributed by atoms with Gasteiger partial charge in [-0.15, -0.1) is 0 Å². The van der Waals surface area contributed by atoms with E-state index < -0.39 is 6.10 Å². The van der Waals surface area contributed by atoms with E-state index in [2.05, 4.69) is 5.32 Å². The molecule has 68 valence electrons. The Morgan fingerprint density at radius 3 is 2.64 bits per heavy atom. The molecule has 4 nitrogen and oxygen atoms in total. The van der Waals surface area contributed by atoms with Crippen LogP contribution in [0.4, 0.5) is 0 Å². The second kappa shape index (κ2) is 7.94. The van der Waals surface area contributed by atoms with E-state index in [9.17, 15) is 0 Å². The number of rotatable bonds is 7. The van der Waals surface area contributed by atoms with Gasteiger partial charge < -0.3 is 21.3 Å². The minimum Gasteiger partial charge on any atom is -0.394 e. The number of nitrogens with one attached hydrogen (secondary N) is 1. The monoisotopic (exact) mass is 162 g/mol. The van der Waals surface area contributed by atoms with Crippen molar-refractivity contribution in [3.63, 3.8) is 0 Å². The summed E-state index contributed by atoms with van der Waals surface area (Å²) in [7, 11) is 0. The molecule has 0 rings (SSSR count). The van der Waals surface area contributed by atoms with Crippen molar-refractivity contribution in [3.8, 4) is 0 Å². The lowest BCUT2D eigenvalue weighted by atomic mass is 10.2. The van der Waals surface area contributed by atoms with E-state index in [1.165, 1.54) is 0 Å². The van der Waals surface area contributed by atoms with Crippen molar-refractivity contribution in [1.82, 2.24) is 5.32 Å². The normalized spacial score (nSPS) is 13.4. The van der Waals surface area contributed by atoms with E-state index in [1.807, 2.05) is 0 Å². The topological polar surface area (TPSA) is 78.5 Å². The molecule has 4 heteroatoms. The SMILES string of the molecule is NCCNCCCC(O)CO. The van der Waals surface area contributed by atoms with Gasteiger partial charge in [0.05, 0.1) is 12.7 Å². The Morgan fingerprint density at radius 2 is 2.09 bits per heavy atom. The first kappa shape index (κ1) is 10.8. The minimum atomic E-state index is -0.560. The largest absolute Gasteiger partial charge is 0.394 e. The molecule has 1 unspecified atom stereocenters. The number of aliphatic hydroxyl groups is 2. The van der Waals surface area contributed by atoms with Gasteiger partial charge in [-0.2, -0.15) is 0 Å². The summed E-state index contributed by atoms with van der Waals surface area (Å²) in [6.45, 7) is 2.17. The van der Waals surface area contributed by atoms with Gasteiger partial charge in [-0.1, -0.05) is 0 Å². The Hall–Kier alpha value is -0.160. The van der Waals surface area contributed by atoms with Crippen LogP contribution in [0.5, 0.6) is 0 Å². The molecule has 0 aliphatic rings. The molecule has 0 heterocycles. The predicted octanol–water partition coefficient (Wildman–Crippen LogP) is -1.33. The van der Waals surface area contributed by atoms with Gasteiger partial charge in [0.1, 0.15) is 0 Å². The molecule has 0 aliphatic carbocycles. The quantitative estimate of drug-likeness (QED) is 0.350. The maximum absolute atomic E-state index is 8.91. The van der Waals surface area contributed by atoms with Crippen molar-refractivity contribution in [2.24, 2.45) is 5.73 Å². The number of nitrogens with two attached hydrogens (primary N) is 1. The lowest BCUT2D eigenvalue weighted by molar-refractivity contribution is 0.0867. The van der Waals surface area contributed by atoms with Crippen LogP contribution in [0.15, 0.2) is 0 Å². The van der Waals surface area contributed by atoms with Crippen LogP contribution >= 0.6 is 0 Å². The minimum absolute atomic E-state index is 0.142. The first-order chi connectivity index (χ1) is 5.31. The summed E-state index contributed by atoms with van der Waals surface area (Å²) in [5.74, 6) is 0.